The lowest BCUT2D eigenvalue weighted by molar-refractivity contribution is -0.137. The summed E-state index contributed by atoms with van der Waals surface area (Å²) in [5, 5.41) is 9.25. The predicted octanol–water partition coefficient (Wildman–Crippen LogP) is 3.48. The Morgan fingerprint density at radius 2 is 1.43 bits per heavy atom. The maximum absolute atomic E-state index is 12.5. The number of hydrogen-bond donors (Lipinski definition) is 1. The zero-order chi connectivity index (χ0) is 16.8. The molecule has 1 heterocycles. The summed E-state index contributed by atoms with van der Waals surface area (Å²) in [6.45, 7) is 0. The number of fused-ring (bicyclic) bond motifs is 1. The minimum absolute atomic E-state index is 0.00737. The Hall–Kier alpha value is -2.87. The number of ether oxygens (including phenoxy) is 1. The first-order chi connectivity index (χ1) is 10.8. The summed E-state index contributed by atoms with van der Waals surface area (Å²) in [6.07, 6.45) is -4.44. The molecule has 0 aromatic heterocycles. The zero-order valence-electron chi connectivity index (χ0n) is 11.3. The van der Waals surface area contributed by atoms with E-state index in [1.165, 1.54) is 18.2 Å². The van der Waals surface area contributed by atoms with Gasteiger partial charge in [0.05, 0.1) is 16.7 Å². The minimum atomic E-state index is -4.44. The molecule has 8 heteroatoms. The molecule has 3 rings (SSSR count). The van der Waals surface area contributed by atoms with Crippen molar-refractivity contribution in [3.05, 3.63) is 59.2 Å². The molecule has 0 spiro atoms. The number of carbonyl (C=O) groups excluding carboxylic acids is 2. The molecular weight excluding hydrogens is 315 g/mol. The number of nitrogens with zero attached hydrogens (tertiary/aromatic N) is 1. The molecule has 1 aliphatic rings. The van der Waals surface area contributed by atoms with Gasteiger partial charge in [-0.3, -0.25) is 14.8 Å². The van der Waals surface area contributed by atoms with Crippen LogP contribution in [0, 0.1) is 0 Å². The van der Waals surface area contributed by atoms with Gasteiger partial charge in [-0.05, 0) is 42.5 Å². The van der Waals surface area contributed by atoms with Gasteiger partial charge in [0.2, 0.25) is 0 Å². The van der Waals surface area contributed by atoms with Crippen molar-refractivity contribution in [2.75, 3.05) is 0 Å². The van der Waals surface area contributed by atoms with E-state index in [1.54, 1.807) is 0 Å². The summed E-state index contributed by atoms with van der Waals surface area (Å²) in [4.78, 5) is 23.2. The van der Waals surface area contributed by atoms with Crippen LogP contribution >= 0.6 is 0 Å². The first kappa shape index (κ1) is 15.0. The van der Waals surface area contributed by atoms with Gasteiger partial charge >= 0.3 is 6.18 Å². The molecule has 23 heavy (non-hydrogen) atoms. The summed E-state index contributed by atoms with van der Waals surface area (Å²) < 4.78 is 42.8. The van der Waals surface area contributed by atoms with E-state index in [0.29, 0.717) is 0 Å². The maximum Gasteiger partial charge on any atom is 0.416 e. The van der Waals surface area contributed by atoms with Crippen molar-refractivity contribution in [3.63, 3.8) is 0 Å². The fraction of sp³-hybridized carbons (Fsp3) is 0.0667. The minimum Gasteiger partial charge on any atom is -0.457 e. The predicted molar refractivity (Wildman–Crippen MR) is 70.2 cm³/mol. The van der Waals surface area contributed by atoms with Gasteiger partial charge in [-0.1, -0.05) is 0 Å². The monoisotopic (exact) mass is 323 g/mol. The van der Waals surface area contributed by atoms with Crippen molar-refractivity contribution in [1.82, 2.24) is 5.06 Å². The van der Waals surface area contributed by atoms with Gasteiger partial charge < -0.3 is 4.74 Å². The van der Waals surface area contributed by atoms with Crippen molar-refractivity contribution in [1.29, 1.82) is 0 Å². The third kappa shape index (κ3) is 2.64. The maximum atomic E-state index is 12.5. The molecule has 0 aliphatic carbocycles. The van der Waals surface area contributed by atoms with Crippen molar-refractivity contribution in [2.45, 2.75) is 6.18 Å². The molecule has 0 saturated heterocycles. The fourth-order valence-electron chi connectivity index (χ4n) is 2.12. The van der Waals surface area contributed by atoms with E-state index in [9.17, 15) is 28.0 Å². The van der Waals surface area contributed by atoms with E-state index < -0.39 is 23.6 Å². The van der Waals surface area contributed by atoms with Crippen LogP contribution in [-0.2, 0) is 6.18 Å². The lowest BCUT2D eigenvalue weighted by Crippen LogP contribution is -2.25. The molecule has 0 fully saturated rings. The smallest absolute Gasteiger partial charge is 0.416 e. The SMILES string of the molecule is O=C1c2ccc(Oc3ccc(C(F)(F)F)cc3)cc2C(=O)N1O. The topological polar surface area (TPSA) is 66.8 Å². The van der Waals surface area contributed by atoms with Gasteiger partial charge in [-0.2, -0.15) is 13.2 Å². The zero-order valence-corrected chi connectivity index (χ0v) is 11.3. The summed E-state index contributed by atoms with van der Waals surface area (Å²) in [6, 6.07) is 7.93. The first-order valence-corrected chi connectivity index (χ1v) is 6.34. The van der Waals surface area contributed by atoms with Crippen LogP contribution in [0.4, 0.5) is 13.2 Å². The molecule has 0 radical (unpaired) electrons. The number of hydroxylamine groups is 2. The number of amides is 2. The van der Waals surface area contributed by atoms with Gasteiger partial charge in [0, 0.05) is 0 Å². The standard InChI is InChI=1S/C15H8F3NO4/c16-15(17,18)8-1-3-9(4-2-8)23-10-5-6-11-12(7-10)14(21)19(22)13(11)20/h1-7,22H. The van der Waals surface area contributed by atoms with Gasteiger partial charge in [-0.25, -0.2) is 0 Å². The quantitative estimate of drug-likeness (QED) is 0.679. The summed E-state index contributed by atoms with van der Waals surface area (Å²) in [7, 11) is 0. The van der Waals surface area contributed by atoms with Crippen LogP contribution in [0.25, 0.3) is 0 Å². The van der Waals surface area contributed by atoms with Crippen LogP contribution in [-0.4, -0.2) is 22.1 Å². The van der Waals surface area contributed by atoms with Crippen molar-refractivity contribution >= 4 is 11.8 Å². The molecule has 0 bridgehead atoms. The highest BCUT2D eigenvalue weighted by atomic mass is 19.4. The van der Waals surface area contributed by atoms with Crippen LogP contribution in [0.5, 0.6) is 11.5 Å². The van der Waals surface area contributed by atoms with E-state index in [0.717, 1.165) is 24.3 Å². The van der Waals surface area contributed by atoms with Crippen LogP contribution < -0.4 is 4.74 Å². The molecule has 1 aliphatic heterocycles. The van der Waals surface area contributed by atoms with Crippen molar-refractivity contribution in [2.24, 2.45) is 0 Å². The molecule has 118 valence electrons. The highest BCUT2D eigenvalue weighted by Gasteiger charge is 2.35. The van der Waals surface area contributed by atoms with E-state index in [-0.39, 0.29) is 27.7 Å². The van der Waals surface area contributed by atoms with E-state index in [2.05, 4.69) is 0 Å². The second kappa shape index (κ2) is 5.10. The Kier molecular flexibility index (Phi) is 3.33. The van der Waals surface area contributed by atoms with Crippen molar-refractivity contribution in [3.8, 4) is 11.5 Å². The average Bonchev–Trinajstić information content (AvgIpc) is 2.72. The third-order valence-electron chi connectivity index (χ3n) is 3.25. The lowest BCUT2D eigenvalue weighted by Gasteiger charge is -2.09. The van der Waals surface area contributed by atoms with Crippen molar-refractivity contribution < 1.29 is 32.7 Å². The highest BCUT2D eigenvalue weighted by Crippen LogP contribution is 2.32. The third-order valence-corrected chi connectivity index (χ3v) is 3.25. The Labute approximate surface area is 127 Å². The molecule has 0 unspecified atom stereocenters. The number of carbonyl (C=O) groups is 2. The highest BCUT2D eigenvalue weighted by molar-refractivity contribution is 6.20. The molecule has 0 saturated carbocycles. The van der Waals surface area contributed by atoms with E-state index in [1.807, 2.05) is 0 Å². The molecule has 2 amide bonds. The van der Waals surface area contributed by atoms with E-state index in [4.69, 9.17) is 4.74 Å². The molecule has 5 nitrogen and oxygen atoms in total. The van der Waals surface area contributed by atoms with Crippen LogP contribution in [0.2, 0.25) is 0 Å². The Morgan fingerprint density at radius 1 is 0.870 bits per heavy atom. The number of hydrogen-bond acceptors (Lipinski definition) is 4. The lowest BCUT2D eigenvalue weighted by atomic mass is 10.1. The van der Waals surface area contributed by atoms with Gasteiger partial charge in [0.15, 0.2) is 0 Å². The fourth-order valence-corrected chi connectivity index (χ4v) is 2.12. The molecule has 2 aromatic carbocycles. The number of halogens is 3. The number of rotatable bonds is 2. The Morgan fingerprint density at radius 3 is 2.04 bits per heavy atom. The second-order valence-electron chi connectivity index (χ2n) is 4.75. The Bertz CT molecular complexity index is 799. The van der Waals surface area contributed by atoms with Crippen LogP contribution in [0.1, 0.15) is 26.3 Å². The largest absolute Gasteiger partial charge is 0.457 e. The molecule has 0 atom stereocenters. The van der Waals surface area contributed by atoms with Gasteiger partial charge in [0.1, 0.15) is 11.5 Å². The summed E-state index contributed by atoms with van der Waals surface area (Å²) in [5.41, 5.74) is -0.824. The van der Waals surface area contributed by atoms with Gasteiger partial charge in [0.25, 0.3) is 11.8 Å². The molecule has 2 aromatic rings. The van der Waals surface area contributed by atoms with Crippen LogP contribution in [0.15, 0.2) is 42.5 Å². The summed E-state index contributed by atoms with van der Waals surface area (Å²) >= 11 is 0. The van der Waals surface area contributed by atoms with Crippen LogP contribution in [0.3, 0.4) is 0 Å². The average molecular weight is 323 g/mol. The first-order valence-electron chi connectivity index (χ1n) is 6.34. The number of imide groups is 1. The molecule has 1 N–H and O–H groups in total. The normalized spacial score (nSPS) is 14.2. The Balaban J connectivity index is 1.85. The number of benzene rings is 2. The number of alkyl halides is 3. The summed E-state index contributed by atoms with van der Waals surface area (Å²) in [5.74, 6) is -1.44. The van der Waals surface area contributed by atoms with E-state index >= 15 is 0 Å². The molecular formula is C15H8F3NO4. The van der Waals surface area contributed by atoms with Gasteiger partial charge in [-0.15, -0.1) is 5.06 Å². The second-order valence-corrected chi connectivity index (χ2v) is 4.75.